The maximum Gasteiger partial charge on any atom is 0.262 e. The number of nitrogens with one attached hydrogen (secondary N) is 1. The number of nitrogens with zero attached hydrogens (tertiary/aromatic N) is 2. The molecule has 0 aliphatic carbocycles. The molecule has 2 heterocycles. The van der Waals surface area contributed by atoms with E-state index in [2.05, 4.69) is 17.2 Å². The van der Waals surface area contributed by atoms with Crippen LogP contribution in [-0.4, -0.2) is 21.2 Å². The Morgan fingerprint density at radius 2 is 2.17 bits per heavy atom. The molecule has 0 spiro atoms. The highest BCUT2D eigenvalue weighted by Crippen LogP contribution is 2.22. The molecule has 0 radical (unpaired) electrons. The molecule has 154 valence electrons. The molecule has 2 aromatic heterocycles. The molecule has 8 heteroatoms. The van der Waals surface area contributed by atoms with Gasteiger partial charge in [0.05, 0.1) is 22.7 Å². The fourth-order valence-electron chi connectivity index (χ4n) is 3.02. The van der Waals surface area contributed by atoms with Gasteiger partial charge in [0, 0.05) is 16.4 Å². The highest BCUT2D eigenvalue weighted by Gasteiger charge is 2.15. The summed E-state index contributed by atoms with van der Waals surface area (Å²) in [5.74, 6) is 0.110. The average molecular weight is 450 g/mol. The molecule has 0 saturated heterocycles. The minimum Gasteiger partial charge on any atom is -0.348 e. The lowest BCUT2D eigenvalue weighted by Gasteiger charge is -2.14. The van der Waals surface area contributed by atoms with E-state index >= 15 is 0 Å². The third-order valence-corrected chi connectivity index (χ3v) is 6.81. The van der Waals surface area contributed by atoms with E-state index in [4.69, 9.17) is 11.6 Å². The topological polar surface area (TPSA) is 64.0 Å². The summed E-state index contributed by atoms with van der Waals surface area (Å²) in [7, 11) is 0. The number of hydrogen-bond donors (Lipinski definition) is 1. The molecular weight excluding hydrogens is 426 g/mol. The van der Waals surface area contributed by atoms with Crippen molar-refractivity contribution >= 4 is 51.5 Å². The van der Waals surface area contributed by atoms with Crippen LogP contribution in [0.3, 0.4) is 0 Å². The van der Waals surface area contributed by atoms with Crippen LogP contribution in [0.1, 0.15) is 44.0 Å². The first-order valence-corrected chi connectivity index (χ1v) is 11.9. The van der Waals surface area contributed by atoms with Crippen LogP contribution in [0.25, 0.3) is 10.9 Å². The van der Waals surface area contributed by atoms with Gasteiger partial charge in [0.1, 0.15) is 0 Å². The average Bonchev–Trinajstić information content (AvgIpc) is 3.23. The van der Waals surface area contributed by atoms with E-state index in [1.165, 1.54) is 11.8 Å². The van der Waals surface area contributed by atoms with E-state index < -0.39 is 0 Å². The first-order chi connectivity index (χ1) is 14.0. The minimum absolute atomic E-state index is 0.0433. The normalized spacial score (nSPS) is 12.2. The molecule has 1 unspecified atom stereocenters. The van der Waals surface area contributed by atoms with Gasteiger partial charge in [-0.2, -0.15) is 0 Å². The maximum atomic E-state index is 13.0. The van der Waals surface area contributed by atoms with Crippen molar-refractivity contribution in [3.63, 3.8) is 0 Å². The molecule has 5 nitrogen and oxygen atoms in total. The summed E-state index contributed by atoms with van der Waals surface area (Å²) in [5.41, 5.74) is 0.474. The second-order valence-corrected chi connectivity index (χ2v) is 9.17. The summed E-state index contributed by atoms with van der Waals surface area (Å²) in [4.78, 5) is 31.2. The lowest BCUT2D eigenvalue weighted by molar-refractivity contribution is -0.119. The highest BCUT2D eigenvalue weighted by atomic mass is 35.5. The number of thiophene rings is 1. The molecule has 0 saturated carbocycles. The summed E-state index contributed by atoms with van der Waals surface area (Å²) in [6.45, 7) is 4.68. The lowest BCUT2D eigenvalue weighted by atomic mass is 10.2. The van der Waals surface area contributed by atoms with Gasteiger partial charge in [-0.05, 0) is 43.0 Å². The van der Waals surface area contributed by atoms with Gasteiger partial charge in [-0.1, -0.05) is 49.2 Å². The number of thioether (sulfide) groups is 1. The van der Waals surface area contributed by atoms with Crippen LogP contribution in [-0.2, 0) is 11.3 Å². The lowest BCUT2D eigenvalue weighted by Crippen LogP contribution is -2.29. The zero-order valence-corrected chi connectivity index (χ0v) is 18.9. The Balaban J connectivity index is 1.79. The summed E-state index contributed by atoms with van der Waals surface area (Å²) in [6, 6.07) is 9.04. The molecule has 1 aromatic carbocycles. The van der Waals surface area contributed by atoms with Crippen molar-refractivity contribution in [3.05, 3.63) is 56.0 Å². The van der Waals surface area contributed by atoms with Crippen molar-refractivity contribution in [2.45, 2.75) is 50.9 Å². The predicted molar refractivity (Wildman–Crippen MR) is 122 cm³/mol. The van der Waals surface area contributed by atoms with E-state index in [1.54, 1.807) is 34.1 Å². The summed E-state index contributed by atoms with van der Waals surface area (Å²) in [5, 5.41) is 6.63. The first-order valence-electron chi connectivity index (χ1n) is 9.65. The van der Waals surface area contributed by atoms with Gasteiger partial charge in [0.2, 0.25) is 5.91 Å². The Morgan fingerprint density at radius 1 is 1.34 bits per heavy atom. The Hall–Kier alpha value is -1.83. The molecule has 3 rings (SSSR count). The zero-order valence-electron chi connectivity index (χ0n) is 16.5. The Morgan fingerprint density at radius 3 is 2.90 bits per heavy atom. The molecular formula is C21H24ClN3O2S2. The van der Waals surface area contributed by atoms with Crippen LogP contribution in [0.15, 0.2) is 45.7 Å². The van der Waals surface area contributed by atoms with Gasteiger partial charge >= 0.3 is 0 Å². The van der Waals surface area contributed by atoms with Crippen molar-refractivity contribution in [1.29, 1.82) is 0 Å². The van der Waals surface area contributed by atoms with E-state index in [-0.39, 0.29) is 23.3 Å². The van der Waals surface area contributed by atoms with Crippen molar-refractivity contribution in [2.24, 2.45) is 0 Å². The van der Waals surface area contributed by atoms with Gasteiger partial charge < -0.3 is 5.32 Å². The number of amides is 1. The fourth-order valence-corrected chi connectivity index (χ4v) is 4.76. The number of carbonyl (C=O) groups is 1. The van der Waals surface area contributed by atoms with Crippen LogP contribution < -0.4 is 10.9 Å². The number of halogens is 1. The maximum absolute atomic E-state index is 13.0. The molecule has 0 fully saturated rings. The minimum atomic E-state index is -0.0866. The fraction of sp³-hybridized carbons (Fsp3) is 0.381. The van der Waals surface area contributed by atoms with Crippen LogP contribution in [0.2, 0.25) is 5.02 Å². The van der Waals surface area contributed by atoms with E-state index in [0.717, 1.165) is 24.1 Å². The number of aromatic nitrogens is 2. The molecule has 1 amide bonds. The van der Waals surface area contributed by atoms with E-state index in [1.807, 2.05) is 24.4 Å². The Kier molecular flexibility index (Phi) is 7.75. The largest absolute Gasteiger partial charge is 0.348 e. The van der Waals surface area contributed by atoms with Crippen LogP contribution >= 0.6 is 34.7 Å². The van der Waals surface area contributed by atoms with Crippen molar-refractivity contribution < 1.29 is 4.79 Å². The third kappa shape index (κ3) is 5.62. The van der Waals surface area contributed by atoms with Crippen LogP contribution in [0.5, 0.6) is 0 Å². The zero-order chi connectivity index (χ0) is 20.8. The molecule has 0 bridgehead atoms. The van der Waals surface area contributed by atoms with Gasteiger partial charge in [-0.15, -0.1) is 11.3 Å². The number of rotatable bonds is 9. The molecule has 1 N–H and O–H groups in total. The quantitative estimate of drug-likeness (QED) is 0.274. The van der Waals surface area contributed by atoms with Gasteiger partial charge in [-0.3, -0.25) is 14.2 Å². The molecule has 3 aromatic rings. The van der Waals surface area contributed by atoms with Crippen LogP contribution in [0.4, 0.5) is 0 Å². The van der Waals surface area contributed by atoms with Crippen molar-refractivity contribution in [2.75, 3.05) is 5.75 Å². The number of hydrogen-bond acceptors (Lipinski definition) is 5. The van der Waals surface area contributed by atoms with E-state index in [0.29, 0.717) is 27.6 Å². The third-order valence-electron chi connectivity index (χ3n) is 4.55. The Bertz CT molecular complexity index is 1030. The summed E-state index contributed by atoms with van der Waals surface area (Å²) >= 11 is 8.98. The number of fused-ring (bicyclic) bond motifs is 1. The number of benzene rings is 1. The molecule has 1 atom stereocenters. The predicted octanol–water partition coefficient (Wildman–Crippen LogP) is 5.27. The van der Waals surface area contributed by atoms with Crippen LogP contribution in [0, 0.1) is 0 Å². The monoisotopic (exact) mass is 449 g/mol. The molecule has 0 aliphatic heterocycles. The van der Waals surface area contributed by atoms with Gasteiger partial charge in [0.25, 0.3) is 5.56 Å². The SMILES string of the molecule is CCCCCn1c(SCC(=O)NC(C)c2cccs2)nc2cc(Cl)ccc2c1=O. The second-order valence-electron chi connectivity index (χ2n) is 6.81. The first kappa shape index (κ1) is 21.9. The highest BCUT2D eigenvalue weighted by molar-refractivity contribution is 7.99. The number of unbranched alkanes of at least 4 members (excludes halogenated alkanes) is 2. The van der Waals surface area contributed by atoms with Gasteiger partial charge in [0.15, 0.2) is 5.16 Å². The summed E-state index contributed by atoms with van der Waals surface area (Å²) in [6.07, 6.45) is 3.00. The molecule has 29 heavy (non-hydrogen) atoms. The Labute approximate surface area is 183 Å². The number of carbonyl (C=O) groups excluding carboxylic acids is 1. The van der Waals surface area contributed by atoms with Gasteiger partial charge in [-0.25, -0.2) is 4.98 Å². The standard InChI is InChI=1S/C21H24ClN3O2S2/c1-3-4-5-10-25-20(27)16-9-8-15(22)12-17(16)24-21(25)29-13-19(26)23-14(2)18-7-6-11-28-18/h6-9,11-12,14H,3-5,10,13H2,1-2H3,(H,23,26). The molecule has 0 aliphatic rings. The second kappa shape index (κ2) is 10.3. The summed E-state index contributed by atoms with van der Waals surface area (Å²) < 4.78 is 1.69. The van der Waals surface area contributed by atoms with E-state index in [9.17, 15) is 9.59 Å². The van der Waals surface area contributed by atoms with Crippen molar-refractivity contribution in [1.82, 2.24) is 14.9 Å². The van der Waals surface area contributed by atoms with Crippen molar-refractivity contribution in [3.8, 4) is 0 Å². The smallest absolute Gasteiger partial charge is 0.262 e.